The van der Waals surface area contributed by atoms with E-state index in [4.69, 9.17) is 16.6 Å². The highest BCUT2D eigenvalue weighted by Gasteiger charge is 2.27. The van der Waals surface area contributed by atoms with E-state index in [1.165, 1.54) is 18.4 Å². The Morgan fingerprint density at radius 3 is 2.76 bits per heavy atom. The molecule has 0 bridgehead atoms. The molecule has 4 nitrogen and oxygen atoms in total. The smallest absolute Gasteiger partial charge is 0.129 e. The number of benzene rings is 1. The zero-order chi connectivity index (χ0) is 14.2. The Morgan fingerprint density at radius 1 is 1.19 bits per heavy atom. The third-order valence-electron chi connectivity index (χ3n) is 3.77. The predicted octanol–water partition coefficient (Wildman–Crippen LogP) is 4.03. The molecule has 1 fully saturated rings. The van der Waals surface area contributed by atoms with E-state index in [1.54, 1.807) is 0 Å². The van der Waals surface area contributed by atoms with Gasteiger partial charge in [-0.15, -0.1) is 0 Å². The standard InChI is InChI=1S/C16H15ClN4/c17-11-1-3-12(4-2-11)19-10-16-20-14-9-18-8-7-15(14)21(16)13-5-6-13/h1-4,7-9,13,19H,5-6,10H2. The fraction of sp³-hybridized carbons (Fsp3) is 0.250. The number of halogens is 1. The summed E-state index contributed by atoms with van der Waals surface area (Å²) in [5.41, 5.74) is 3.20. The van der Waals surface area contributed by atoms with E-state index in [0.717, 1.165) is 22.1 Å². The van der Waals surface area contributed by atoms with Gasteiger partial charge < -0.3 is 9.88 Å². The van der Waals surface area contributed by atoms with E-state index in [2.05, 4.69) is 14.9 Å². The summed E-state index contributed by atoms with van der Waals surface area (Å²) in [5, 5.41) is 4.16. The summed E-state index contributed by atoms with van der Waals surface area (Å²) >= 11 is 5.91. The van der Waals surface area contributed by atoms with Gasteiger partial charge in [0.25, 0.3) is 0 Å². The Morgan fingerprint density at radius 2 is 2.00 bits per heavy atom. The van der Waals surface area contributed by atoms with Gasteiger partial charge in [-0.2, -0.15) is 0 Å². The molecule has 1 N–H and O–H groups in total. The minimum atomic E-state index is 0.597. The van der Waals surface area contributed by atoms with Crippen LogP contribution in [0.5, 0.6) is 0 Å². The number of hydrogen-bond acceptors (Lipinski definition) is 3. The fourth-order valence-corrected chi connectivity index (χ4v) is 2.74. The molecule has 1 saturated carbocycles. The Bertz CT molecular complexity index is 775. The molecule has 0 amide bonds. The number of rotatable bonds is 4. The summed E-state index contributed by atoms with van der Waals surface area (Å²) in [4.78, 5) is 8.88. The maximum Gasteiger partial charge on any atom is 0.129 e. The number of fused-ring (bicyclic) bond motifs is 1. The maximum absolute atomic E-state index is 5.91. The molecule has 1 aromatic carbocycles. The van der Waals surface area contributed by atoms with E-state index < -0.39 is 0 Å². The molecule has 2 heterocycles. The molecule has 21 heavy (non-hydrogen) atoms. The molecule has 1 aliphatic rings. The monoisotopic (exact) mass is 298 g/mol. The van der Waals surface area contributed by atoms with Gasteiger partial charge >= 0.3 is 0 Å². The quantitative estimate of drug-likeness (QED) is 0.790. The summed E-state index contributed by atoms with van der Waals surface area (Å²) in [7, 11) is 0. The van der Waals surface area contributed by atoms with Gasteiger partial charge in [-0.25, -0.2) is 4.98 Å². The number of hydrogen-bond donors (Lipinski definition) is 1. The van der Waals surface area contributed by atoms with E-state index in [0.29, 0.717) is 12.6 Å². The molecule has 0 radical (unpaired) electrons. The molecule has 0 unspecified atom stereocenters. The fourth-order valence-electron chi connectivity index (χ4n) is 2.61. The molecule has 0 aliphatic heterocycles. The lowest BCUT2D eigenvalue weighted by Gasteiger charge is -2.09. The second-order valence-electron chi connectivity index (χ2n) is 5.35. The van der Waals surface area contributed by atoms with Crippen molar-refractivity contribution in [2.75, 3.05) is 5.32 Å². The van der Waals surface area contributed by atoms with Gasteiger partial charge in [-0.3, -0.25) is 4.98 Å². The average molecular weight is 299 g/mol. The first-order valence-corrected chi connectivity index (χ1v) is 7.49. The van der Waals surface area contributed by atoms with Crippen molar-refractivity contribution in [1.82, 2.24) is 14.5 Å². The third kappa shape index (κ3) is 2.47. The number of nitrogens with one attached hydrogen (secondary N) is 1. The third-order valence-corrected chi connectivity index (χ3v) is 4.02. The molecule has 0 spiro atoms. The molecular weight excluding hydrogens is 284 g/mol. The first kappa shape index (κ1) is 12.7. The lowest BCUT2D eigenvalue weighted by atomic mass is 10.3. The van der Waals surface area contributed by atoms with Crippen LogP contribution in [0.2, 0.25) is 5.02 Å². The highest BCUT2D eigenvalue weighted by molar-refractivity contribution is 6.30. The van der Waals surface area contributed by atoms with Crippen LogP contribution < -0.4 is 5.32 Å². The first-order chi connectivity index (χ1) is 10.3. The van der Waals surface area contributed by atoms with Gasteiger partial charge in [-0.1, -0.05) is 11.6 Å². The summed E-state index contributed by atoms with van der Waals surface area (Å²) in [6, 6.07) is 10.4. The minimum Gasteiger partial charge on any atom is -0.378 e. The molecule has 106 valence electrons. The Labute approximate surface area is 127 Å². The van der Waals surface area contributed by atoms with Crippen molar-refractivity contribution in [2.45, 2.75) is 25.4 Å². The Balaban J connectivity index is 1.63. The van der Waals surface area contributed by atoms with Crippen molar-refractivity contribution in [3.05, 3.63) is 53.6 Å². The lowest BCUT2D eigenvalue weighted by Crippen LogP contribution is -2.07. The highest BCUT2D eigenvalue weighted by atomic mass is 35.5. The largest absolute Gasteiger partial charge is 0.378 e. The van der Waals surface area contributed by atoms with Gasteiger partial charge in [0, 0.05) is 22.9 Å². The molecule has 4 rings (SSSR count). The van der Waals surface area contributed by atoms with Crippen molar-refractivity contribution in [3.63, 3.8) is 0 Å². The maximum atomic E-state index is 5.91. The molecule has 5 heteroatoms. The number of nitrogens with zero attached hydrogens (tertiary/aromatic N) is 3. The van der Waals surface area contributed by atoms with Crippen molar-refractivity contribution >= 4 is 28.3 Å². The zero-order valence-electron chi connectivity index (χ0n) is 11.5. The van der Waals surface area contributed by atoms with E-state index in [1.807, 2.05) is 42.7 Å². The summed E-state index contributed by atoms with van der Waals surface area (Å²) in [6.45, 7) is 0.701. The molecule has 1 aliphatic carbocycles. The normalized spacial score (nSPS) is 14.5. The Kier molecular flexibility index (Phi) is 3.04. The number of imidazole rings is 1. The van der Waals surface area contributed by atoms with Crippen molar-refractivity contribution in [1.29, 1.82) is 0 Å². The van der Waals surface area contributed by atoms with Crippen LogP contribution in [-0.2, 0) is 6.54 Å². The second-order valence-corrected chi connectivity index (χ2v) is 5.79. The molecular formula is C16H15ClN4. The zero-order valence-corrected chi connectivity index (χ0v) is 12.2. The van der Waals surface area contributed by atoms with E-state index in [-0.39, 0.29) is 0 Å². The molecule has 2 aromatic heterocycles. The predicted molar refractivity (Wildman–Crippen MR) is 84.6 cm³/mol. The van der Waals surface area contributed by atoms with Gasteiger partial charge in [0.05, 0.1) is 18.3 Å². The number of pyridine rings is 1. The van der Waals surface area contributed by atoms with Crippen molar-refractivity contribution < 1.29 is 0 Å². The first-order valence-electron chi connectivity index (χ1n) is 7.11. The number of aromatic nitrogens is 3. The lowest BCUT2D eigenvalue weighted by molar-refractivity contribution is 0.711. The average Bonchev–Trinajstić information content (AvgIpc) is 3.27. The Hall–Kier alpha value is -2.07. The van der Waals surface area contributed by atoms with Crippen molar-refractivity contribution in [3.8, 4) is 0 Å². The molecule has 3 aromatic rings. The minimum absolute atomic E-state index is 0.597. The van der Waals surface area contributed by atoms with Crippen LogP contribution in [-0.4, -0.2) is 14.5 Å². The summed E-state index contributed by atoms with van der Waals surface area (Å²) < 4.78 is 2.35. The van der Waals surface area contributed by atoms with Gasteiger partial charge in [0.2, 0.25) is 0 Å². The van der Waals surface area contributed by atoms with Crippen LogP contribution in [0.15, 0.2) is 42.7 Å². The van der Waals surface area contributed by atoms with Crippen LogP contribution >= 0.6 is 11.6 Å². The van der Waals surface area contributed by atoms with Crippen LogP contribution in [0, 0.1) is 0 Å². The van der Waals surface area contributed by atoms with Crippen LogP contribution in [0.25, 0.3) is 11.0 Å². The molecule has 0 saturated heterocycles. The number of anilines is 1. The van der Waals surface area contributed by atoms with Crippen molar-refractivity contribution in [2.24, 2.45) is 0 Å². The van der Waals surface area contributed by atoms with Gasteiger partial charge in [-0.05, 0) is 43.2 Å². The van der Waals surface area contributed by atoms with Crippen LogP contribution in [0.3, 0.4) is 0 Å². The van der Waals surface area contributed by atoms with Crippen LogP contribution in [0.1, 0.15) is 24.7 Å². The highest BCUT2D eigenvalue weighted by Crippen LogP contribution is 2.38. The SMILES string of the molecule is Clc1ccc(NCc2nc3cnccc3n2C2CC2)cc1. The van der Waals surface area contributed by atoms with Gasteiger partial charge in [0.15, 0.2) is 0 Å². The van der Waals surface area contributed by atoms with E-state index >= 15 is 0 Å². The second kappa shape index (κ2) is 5.04. The summed E-state index contributed by atoms with van der Waals surface area (Å²) in [6.07, 6.45) is 6.14. The van der Waals surface area contributed by atoms with E-state index in [9.17, 15) is 0 Å². The van der Waals surface area contributed by atoms with Gasteiger partial charge in [0.1, 0.15) is 11.3 Å². The molecule has 0 atom stereocenters. The summed E-state index contributed by atoms with van der Waals surface area (Å²) in [5.74, 6) is 1.07. The topological polar surface area (TPSA) is 42.7 Å². The van der Waals surface area contributed by atoms with Crippen LogP contribution in [0.4, 0.5) is 5.69 Å².